The van der Waals surface area contributed by atoms with Gasteiger partial charge in [-0.2, -0.15) is 4.98 Å². The van der Waals surface area contributed by atoms with E-state index in [-0.39, 0.29) is 11.8 Å². The normalized spacial score (nSPS) is 20.1. The van der Waals surface area contributed by atoms with Gasteiger partial charge in [-0.05, 0) is 36.8 Å². The van der Waals surface area contributed by atoms with E-state index in [0.717, 1.165) is 34.1 Å². The maximum absolute atomic E-state index is 12.6. The number of nitrogens with one attached hydrogen (secondary N) is 1. The second-order valence-corrected chi connectivity index (χ2v) is 7.31. The first kappa shape index (κ1) is 15.0. The Bertz CT molecular complexity index is 829. The number of halogens is 1. The molecule has 23 heavy (non-hydrogen) atoms. The van der Waals surface area contributed by atoms with Gasteiger partial charge in [0.1, 0.15) is 6.04 Å². The lowest BCUT2D eigenvalue weighted by Crippen LogP contribution is -2.31. The van der Waals surface area contributed by atoms with Crippen molar-refractivity contribution in [2.24, 2.45) is 0 Å². The summed E-state index contributed by atoms with van der Waals surface area (Å²) >= 11 is 5.03. The number of ketones is 1. The minimum absolute atomic E-state index is 0.204. The minimum atomic E-state index is -0.208. The van der Waals surface area contributed by atoms with Crippen LogP contribution in [0, 0.1) is 0 Å². The molecule has 2 heterocycles. The Morgan fingerprint density at radius 3 is 3.04 bits per heavy atom. The zero-order chi connectivity index (χ0) is 16.0. The molecule has 1 aromatic heterocycles. The van der Waals surface area contributed by atoms with E-state index in [1.54, 1.807) is 0 Å². The zero-order valence-electron chi connectivity index (χ0n) is 12.5. The van der Waals surface area contributed by atoms with Crippen molar-refractivity contribution < 1.29 is 4.79 Å². The van der Waals surface area contributed by atoms with Gasteiger partial charge in [-0.3, -0.25) is 4.79 Å². The van der Waals surface area contributed by atoms with Crippen LogP contribution in [0.1, 0.15) is 30.9 Å². The Morgan fingerprint density at radius 1 is 1.39 bits per heavy atom. The van der Waals surface area contributed by atoms with Crippen molar-refractivity contribution in [2.75, 3.05) is 11.6 Å². The van der Waals surface area contributed by atoms with Crippen LogP contribution in [0.4, 0.5) is 5.95 Å². The van der Waals surface area contributed by atoms with Gasteiger partial charge in [-0.1, -0.05) is 39.8 Å². The third-order valence-corrected chi connectivity index (χ3v) is 5.23. The number of carbonyl (C=O) groups is 1. The molecule has 1 atom stereocenters. The number of hydrogen-bond acceptors (Lipinski definition) is 5. The van der Waals surface area contributed by atoms with Crippen LogP contribution in [0.25, 0.3) is 0 Å². The topological polar surface area (TPSA) is 59.8 Å². The molecule has 7 heteroatoms. The van der Waals surface area contributed by atoms with Crippen LogP contribution >= 0.6 is 27.7 Å². The van der Waals surface area contributed by atoms with Crippen LogP contribution in [-0.2, 0) is 4.79 Å². The number of anilines is 1. The predicted molar refractivity (Wildman–Crippen MR) is 93.6 cm³/mol. The number of benzene rings is 1. The van der Waals surface area contributed by atoms with Crippen molar-refractivity contribution in [1.29, 1.82) is 0 Å². The van der Waals surface area contributed by atoms with E-state index in [0.29, 0.717) is 17.5 Å². The Kier molecular flexibility index (Phi) is 3.77. The van der Waals surface area contributed by atoms with E-state index >= 15 is 0 Å². The largest absolute Gasteiger partial charge is 0.328 e. The highest BCUT2D eigenvalue weighted by molar-refractivity contribution is 9.10. The number of thioether (sulfide) groups is 1. The lowest BCUT2D eigenvalue weighted by Gasteiger charge is -2.32. The highest BCUT2D eigenvalue weighted by atomic mass is 79.9. The Balaban J connectivity index is 1.92. The van der Waals surface area contributed by atoms with Gasteiger partial charge in [0, 0.05) is 22.2 Å². The molecule has 1 N–H and O–H groups in total. The van der Waals surface area contributed by atoms with Crippen LogP contribution in [0.5, 0.6) is 0 Å². The van der Waals surface area contributed by atoms with Crippen molar-refractivity contribution in [3.63, 3.8) is 0 Å². The van der Waals surface area contributed by atoms with E-state index in [1.807, 2.05) is 35.2 Å². The van der Waals surface area contributed by atoms with Crippen LogP contribution in [0.2, 0.25) is 0 Å². The average molecular weight is 391 g/mol. The van der Waals surface area contributed by atoms with Crippen LogP contribution in [0.15, 0.2) is 45.2 Å². The molecule has 118 valence electrons. The molecule has 0 fully saturated rings. The molecule has 4 rings (SSSR count). The molecular formula is C16H15BrN4OS. The van der Waals surface area contributed by atoms with E-state index in [1.165, 1.54) is 11.8 Å². The van der Waals surface area contributed by atoms with Crippen molar-refractivity contribution in [3.05, 3.63) is 45.6 Å². The summed E-state index contributed by atoms with van der Waals surface area (Å²) in [5.74, 6) is 0.920. The Morgan fingerprint density at radius 2 is 2.26 bits per heavy atom. The van der Waals surface area contributed by atoms with Crippen LogP contribution < -0.4 is 5.32 Å². The molecule has 2 aromatic rings. The highest BCUT2D eigenvalue weighted by Gasteiger charge is 2.36. The van der Waals surface area contributed by atoms with Crippen LogP contribution in [0.3, 0.4) is 0 Å². The quantitative estimate of drug-likeness (QED) is 0.790. The number of allylic oxidation sites excluding steroid dienone is 2. The Labute approximate surface area is 146 Å². The average Bonchev–Trinajstić information content (AvgIpc) is 2.96. The van der Waals surface area contributed by atoms with E-state index in [9.17, 15) is 4.79 Å². The second kappa shape index (κ2) is 5.79. The summed E-state index contributed by atoms with van der Waals surface area (Å²) in [5.41, 5.74) is 2.88. The first-order chi connectivity index (χ1) is 11.2. The molecule has 0 bridgehead atoms. The van der Waals surface area contributed by atoms with E-state index in [4.69, 9.17) is 0 Å². The molecule has 1 aliphatic heterocycles. The summed E-state index contributed by atoms with van der Waals surface area (Å²) in [6.45, 7) is 0. The first-order valence-electron chi connectivity index (χ1n) is 7.46. The van der Waals surface area contributed by atoms with Gasteiger partial charge in [0.25, 0.3) is 0 Å². The lowest BCUT2D eigenvalue weighted by atomic mass is 9.85. The van der Waals surface area contributed by atoms with Gasteiger partial charge >= 0.3 is 0 Å². The van der Waals surface area contributed by atoms with Crippen molar-refractivity contribution >= 4 is 39.4 Å². The maximum atomic E-state index is 12.6. The first-order valence-corrected chi connectivity index (χ1v) is 9.48. The van der Waals surface area contributed by atoms with Crippen molar-refractivity contribution in [3.8, 4) is 0 Å². The van der Waals surface area contributed by atoms with Gasteiger partial charge in [0.15, 0.2) is 5.78 Å². The molecule has 0 radical (unpaired) electrons. The third-order valence-electron chi connectivity index (χ3n) is 4.20. The monoisotopic (exact) mass is 390 g/mol. The fourth-order valence-electron chi connectivity index (χ4n) is 3.21. The molecule has 1 unspecified atom stereocenters. The van der Waals surface area contributed by atoms with Gasteiger partial charge in [0.05, 0.1) is 0 Å². The second-order valence-electron chi connectivity index (χ2n) is 5.62. The van der Waals surface area contributed by atoms with Gasteiger partial charge in [-0.15, -0.1) is 5.10 Å². The van der Waals surface area contributed by atoms with Gasteiger partial charge in [-0.25, -0.2) is 4.68 Å². The Hall–Kier alpha value is -1.60. The summed E-state index contributed by atoms with van der Waals surface area (Å²) in [4.78, 5) is 17.1. The molecule has 1 aromatic carbocycles. The SMILES string of the molecule is CSc1nc2n(n1)C(c1cccc(Br)c1)C1=C(CCCC1=O)N2. The summed E-state index contributed by atoms with van der Waals surface area (Å²) in [6, 6.07) is 7.85. The molecule has 5 nitrogen and oxygen atoms in total. The lowest BCUT2D eigenvalue weighted by molar-refractivity contribution is -0.116. The van der Waals surface area contributed by atoms with Crippen LogP contribution in [-0.4, -0.2) is 26.8 Å². The molecule has 0 amide bonds. The fourth-order valence-corrected chi connectivity index (χ4v) is 3.97. The molecule has 0 saturated carbocycles. The summed E-state index contributed by atoms with van der Waals surface area (Å²) in [6.07, 6.45) is 4.32. The molecule has 0 spiro atoms. The molecule has 0 saturated heterocycles. The smallest absolute Gasteiger partial charge is 0.227 e. The number of hydrogen-bond donors (Lipinski definition) is 1. The molecule has 1 aliphatic carbocycles. The highest BCUT2D eigenvalue weighted by Crippen LogP contribution is 2.40. The number of rotatable bonds is 2. The summed E-state index contributed by atoms with van der Waals surface area (Å²) < 4.78 is 2.83. The predicted octanol–water partition coefficient (Wildman–Crippen LogP) is 3.78. The van der Waals surface area contributed by atoms with E-state index < -0.39 is 0 Å². The summed E-state index contributed by atoms with van der Waals surface area (Å²) in [5, 5.41) is 8.62. The van der Waals surface area contributed by atoms with Crippen molar-refractivity contribution in [2.45, 2.75) is 30.5 Å². The minimum Gasteiger partial charge on any atom is -0.328 e. The number of carbonyl (C=O) groups excluding carboxylic acids is 1. The van der Waals surface area contributed by atoms with Crippen molar-refractivity contribution in [1.82, 2.24) is 14.8 Å². The zero-order valence-corrected chi connectivity index (χ0v) is 14.9. The number of Topliss-reactive ketones (excluding diaryl/α,β-unsaturated/α-hetero) is 1. The third kappa shape index (κ3) is 2.52. The number of nitrogens with zero attached hydrogens (tertiary/aromatic N) is 3. The number of aromatic nitrogens is 3. The standard InChI is InChI=1S/C16H15BrN4OS/c1-23-16-19-15-18-11-6-3-7-12(22)13(11)14(21(15)20-16)9-4-2-5-10(17)8-9/h2,4-5,8,14H,3,6-7H2,1H3,(H,18,19,20). The molecular weight excluding hydrogens is 376 g/mol. The molecule has 2 aliphatic rings. The van der Waals surface area contributed by atoms with E-state index in [2.05, 4.69) is 31.3 Å². The fraction of sp³-hybridized carbons (Fsp3) is 0.312. The van der Waals surface area contributed by atoms with Gasteiger partial charge in [0.2, 0.25) is 11.1 Å². The number of fused-ring (bicyclic) bond motifs is 1. The summed E-state index contributed by atoms with van der Waals surface area (Å²) in [7, 11) is 0. The van der Waals surface area contributed by atoms with Gasteiger partial charge < -0.3 is 5.32 Å². The maximum Gasteiger partial charge on any atom is 0.227 e.